The fourth-order valence-corrected chi connectivity index (χ4v) is 1.93. The van der Waals surface area contributed by atoms with Crippen molar-refractivity contribution in [2.45, 2.75) is 51.0 Å². The van der Waals surface area contributed by atoms with Gasteiger partial charge in [0.05, 0.1) is 13.7 Å². The van der Waals surface area contributed by atoms with Crippen molar-refractivity contribution >= 4 is 5.97 Å². The lowest BCUT2D eigenvalue weighted by molar-refractivity contribution is -0.156. The summed E-state index contributed by atoms with van der Waals surface area (Å²) in [7, 11) is 1.43. The molecule has 0 atom stereocenters. The molecule has 1 saturated carbocycles. The molecular weight excluding hydrogens is 194 g/mol. The summed E-state index contributed by atoms with van der Waals surface area (Å²) in [5.41, 5.74) is 2.33. The van der Waals surface area contributed by atoms with E-state index in [0.29, 0.717) is 6.61 Å². The number of nitrogens with one attached hydrogen (secondary N) is 1. The van der Waals surface area contributed by atoms with Gasteiger partial charge in [-0.2, -0.15) is 5.48 Å². The van der Waals surface area contributed by atoms with Gasteiger partial charge < -0.3 is 9.57 Å². The largest absolute Gasteiger partial charge is 0.468 e. The molecule has 1 fully saturated rings. The second-order valence-electron chi connectivity index (χ2n) is 4.08. The predicted octanol–water partition coefficient (Wildman–Crippen LogP) is 1.79. The Kier molecular flexibility index (Phi) is 5.05. The summed E-state index contributed by atoms with van der Waals surface area (Å²) in [6.07, 6.45) is 5.83. The SMILES string of the molecule is CCCCONC1(C(=O)OC)CCCC1. The molecule has 1 N–H and O–H groups in total. The van der Waals surface area contributed by atoms with Gasteiger partial charge in [0.2, 0.25) is 0 Å². The molecule has 0 saturated heterocycles. The first-order chi connectivity index (χ1) is 7.25. The van der Waals surface area contributed by atoms with Crippen LogP contribution in [0.25, 0.3) is 0 Å². The molecule has 0 amide bonds. The van der Waals surface area contributed by atoms with Crippen LogP contribution in [0.5, 0.6) is 0 Å². The van der Waals surface area contributed by atoms with Crippen LogP contribution in [0.2, 0.25) is 0 Å². The highest BCUT2D eigenvalue weighted by atomic mass is 16.7. The van der Waals surface area contributed by atoms with Crippen molar-refractivity contribution in [2.24, 2.45) is 0 Å². The third-order valence-electron chi connectivity index (χ3n) is 2.90. The molecule has 4 nitrogen and oxygen atoms in total. The van der Waals surface area contributed by atoms with E-state index in [-0.39, 0.29) is 5.97 Å². The van der Waals surface area contributed by atoms with Crippen LogP contribution in [0, 0.1) is 0 Å². The van der Waals surface area contributed by atoms with Crippen LogP contribution in [-0.4, -0.2) is 25.2 Å². The highest BCUT2D eigenvalue weighted by Gasteiger charge is 2.42. The van der Waals surface area contributed by atoms with E-state index in [1.54, 1.807) is 0 Å². The standard InChI is InChI=1S/C11H21NO3/c1-3-4-9-15-12-11(10(13)14-2)7-5-6-8-11/h12H,3-9H2,1-2H3. The summed E-state index contributed by atoms with van der Waals surface area (Å²) in [6, 6.07) is 0. The van der Waals surface area contributed by atoms with Gasteiger partial charge in [-0.15, -0.1) is 0 Å². The number of carbonyl (C=O) groups is 1. The van der Waals surface area contributed by atoms with Crippen LogP contribution in [0.15, 0.2) is 0 Å². The first-order valence-electron chi connectivity index (χ1n) is 5.72. The average Bonchev–Trinajstić information content (AvgIpc) is 2.73. The zero-order valence-electron chi connectivity index (χ0n) is 9.67. The maximum Gasteiger partial charge on any atom is 0.328 e. The number of hydrogen-bond donors (Lipinski definition) is 1. The van der Waals surface area contributed by atoms with Crippen molar-refractivity contribution in [3.05, 3.63) is 0 Å². The molecule has 0 aromatic heterocycles. The number of hydroxylamine groups is 1. The second-order valence-corrected chi connectivity index (χ2v) is 4.08. The van der Waals surface area contributed by atoms with E-state index < -0.39 is 5.54 Å². The van der Waals surface area contributed by atoms with Gasteiger partial charge in [-0.3, -0.25) is 0 Å². The maximum atomic E-state index is 11.6. The molecule has 0 radical (unpaired) electrons. The Balaban J connectivity index is 2.40. The van der Waals surface area contributed by atoms with Crippen molar-refractivity contribution in [3.63, 3.8) is 0 Å². The van der Waals surface area contributed by atoms with Gasteiger partial charge in [0.15, 0.2) is 0 Å². The third-order valence-corrected chi connectivity index (χ3v) is 2.90. The van der Waals surface area contributed by atoms with Crippen LogP contribution in [-0.2, 0) is 14.4 Å². The Labute approximate surface area is 91.3 Å². The van der Waals surface area contributed by atoms with Crippen LogP contribution in [0.1, 0.15) is 45.4 Å². The van der Waals surface area contributed by atoms with Gasteiger partial charge in [-0.1, -0.05) is 26.2 Å². The lowest BCUT2D eigenvalue weighted by Gasteiger charge is -2.26. The average molecular weight is 215 g/mol. The monoisotopic (exact) mass is 215 g/mol. The van der Waals surface area contributed by atoms with Crippen molar-refractivity contribution in [3.8, 4) is 0 Å². The number of methoxy groups -OCH3 is 1. The molecule has 0 bridgehead atoms. The summed E-state index contributed by atoms with van der Waals surface area (Å²) < 4.78 is 4.81. The van der Waals surface area contributed by atoms with Gasteiger partial charge in [0, 0.05) is 0 Å². The lowest BCUT2D eigenvalue weighted by atomic mass is 9.99. The predicted molar refractivity (Wildman–Crippen MR) is 57.2 cm³/mol. The fraction of sp³-hybridized carbons (Fsp3) is 0.909. The maximum absolute atomic E-state index is 11.6. The number of unbranched alkanes of at least 4 members (excludes halogenated alkanes) is 1. The van der Waals surface area contributed by atoms with Crippen LogP contribution in [0.4, 0.5) is 0 Å². The molecule has 4 heteroatoms. The molecule has 0 aliphatic heterocycles. The second kappa shape index (κ2) is 6.08. The number of esters is 1. The lowest BCUT2D eigenvalue weighted by Crippen LogP contribution is -2.50. The minimum Gasteiger partial charge on any atom is -0.468 e. The molecule has 0 unspecified atom stereocenters. The Morgan fingerprint density at radius 1 is 1.40 bits per heavy atom. The Morgan fingerprint density at radius 3 is 2.60 bits per heavy atom. The molecule has 0 spiro atoms. The first-order valence-corrected chi connectivity index (χ1v) is 5.72. The van der Waals surface area contributed by atoms with E-state index in [1.165, 1.54) is 7.11 Å². The first kappa shape index (κ1) is 12.5. The van der Waals surface area contributed by atoms with E-state index in [0.717, 1.165) is 38.5 Å². The summed E-state index contributed by atoms with van der Waals surface area (Å²) in [6.45, 7) is 2.75. The smallest absolute Gasteiger partial charge is 0.328 e. The number of rotatable bonds is 6. The Bertz CT molecular complexity index is 200. The summed E-state index contributed by atoms with van der Waals surface area (Å²) in [4.78, 5) is 17.0. The van der Waals surface area contributed by atoms with Gasteiger partial charge in [0.25, 0.3) is 0 Å². The van der Waals surface area contributed by atoms with E-state index in [2.05, 4.69) is 12.4 Å². The van der Waals surface area contributed by atoms with Crippen molar-refractivity contribution < 1.29 is 14.4 Å². The third kappa shape index (κ3) is 3.18. The minimum absolute atomic E-state index is 0.198. The highest BCUT2D eigenvalue weighted by molar-refractivity contribution is 5.80. The zero-order chi connectivity index (χ0) is 11.1. The molecule has 88 valence electrons. The summed E-state index contributed by atoms with van der Waals surface area (Å²) >= 11 is 0. The molecule has 15 heavy (non-hydrogen) atoms. The highest BCUT2D eigenvalue weighted by Crippen LogP contribution is 2.30. The molecular formula is C11H21NO3. The quantitative estimate of drug-likeness (QED) is 0.417. The fourth-order valence-electron chi connectivity index (χ4n) is 1.93. The molecule has 1 aliphatic carbocycles. The summed E-state index contributed by atoms with van der Waals surface area (Å²) in [5.74, 6) is -0.198. The Hall–Kier alpha value is -0.610. The van der Waals surface area contributed by atoms with Crippen molar-refractivity contribution in [2.75, 3.05) is 13.7 Å². The van der Waals surface area contributed by atoms with Crippen LogP contribution >= 0.6 is 0 Å². The normalized spacial score (nSPS) is 19.1. The van der Waals surface area contributed by atoms with Crippen LogP contribution < -0.4 is 5.48 Å². The van der Waals surface area contributed by atoms with Gasteiger partial charge in [-0.05, 0) is 19.3 Å². The van der Waals surface area contributed by atoms with Gasteiger partial charge in [-0.25, -0.2) is 4.79 Å². The zero-order valence-corrected chi connectivity index (χ0v) is 9.67. The number of carbonyl (C=O) groups excluding carboxylic acids is 1. The van der Waals surface area contributed by atoms with Crippen molar-refractivity contribution in [1.82, 2.24) is 5.48 Å². The Morgan fingerprint density at radius 2 is 2.07 bits per heavy atom. The molecule has 0 aromatic carbocycles. The van der Waals surface area contributed by atoms with Crippen LogP contribution in [0.3, 0.4) is 0 Å². The van der Waals surface area contributed by atoms with Gasteiger partial charge >= 0.3 is 5.97 Å². The van der Waals surface area contributed by atoms with Gasteiger partial charge in [0.1, 0.15) is 5.54 Å². The molecule has 0 aromatic rings. The number of ether oxygens (including phenoxy) is 1. The molecule has 0 heterocycles. The van der Waals surface area contributed by atoms with E-state index >= 15 is 0 Å². The molecule has 1 aliphatic rings. The molecule has 1 rings (SSSR count). The topological polar surface area (TPSA) is 47.6 Å². The van der Waals surface area contributed by atoms with Crippen molar-refractivity contribution in [1.29, 1.82) is 0 Å². The number of hydrogen-bond acceptors (Lipinski definition) is 4. The van der Waals surface area contributed by atoms with E-state index in [9.17, 15) is 4.79 Å². The minimum atomic E-state index is -0.581. The van der Waals surface area contributed by atoms with E-state index in [1.807, 2.05) is 0 Å². The summed E-state index contributed by atoms with van der Waals surface area (Å²) in [5, 5.41) is 0. The van der Waals surface area contributed by atoms with E-state index in [4.69, 9.17) is 9.57 Å².